The highest BCUT2D eigenvalue weighted by Gasteiger charge is 2.34. The number of hydrogen-bond acceptors (Lipinski definition) is 2. The molecule has 1 atom stereocenters. The van der Waals surface area contributed by atoms with Crippen LogP contribution < -0.4 is 0 Å². The third-order valence-electron chi connectivity index (χ3n) is 3.34. The van der Waals surface area contributed by atoms with Crippen LogP contribution in [0.5, 0.6) is 0 Å². The molecule has 0 radical (unpaired) electrons. The number of hydrogen-bond donors (Lipinski definition) is 1. The Morgan fingerprint density at radius 1 is 1.22 bits per heavy atom. The monoisotopic (exact) mass is 386 g/mol. The van der Waals surface area contributed by atoms with Gasteiger partial charge in [0, 0.05) is 11.6 Å². The first-order valence-electron chi connectivity index (χ1n) is 6.48. The van der Waals surface area contributed by atoms with Gasteiger partial charge in [0.25, 0.3) is 0 Å². The molecular weight excluding hydrogens is 359 g/mol. The Labute approximate surface area is 132 Å². The molecule has 0 aliphatic rings. The first kappa shape index (κ1) is 18.4. The second kappa shape index (κ2) is 7.22. The smallest absolute Gasteiger partial charge is 0.268 e. The van der Waals surface area contributed by atoms with Gasteiger partial charge in [-0.2, -0.15) is 0 Å². The number of amides is 2. The van der Waals surface area contributed by atoms with Crippen LogP contribution in [-0.4, -0.2) is 25.0 Å². The predicted molar refractivity (Wildman–Crippen MR) is 89.9 cm³/mol. The molecule has 0 aromatic rings. The quantitative estimate of drug-likeness (QED) is 0.411. The molecule has 5 heteroatoms. The number of halogens is 1. The maximum Gasteiger partial charge on any atom is 0.339 e. The van der Waals surface area contributed by atoms with Gasteiger partial charge in [-0.1, -0.05) is 33.6 Å². The van der Waals surface area contributed by atoms with E-state index >= 15 is 0 Å². The summed E-state index contributed by atoms with van der Waals surface area (Å²) in [5.41, 5.74) is -0.169. The van der Waals surface area contributed by atoms with Crippen LogP contribution in [0.4, 0.5) is 4.79 Å². The summed E-state index contributed by atoms with van der Waals surface area (Å²) < 4.78 is 3.25. The van der Waals surface area contributed by atoms with Crippen LogP contribution in [0.1, 0.15) is 54.9 Å². The maximum atomic E-state index is 12.3. The fourth-order valence-electron chi connectivity index (χ4n) is 1.67. The molecule has 1 unspecified atom stereocenters. The lowest BCUT2D eigenvalue weighted by Gasteiger charge is -2.38. The minimum absolute atomic E-state index is 0.0464. The second-order valence-corrected chi connectivity index (χ2v) is 7.64. The Morgan fingerprint density at radius 2 is 1.67 bits per heavy atom. The van der Waals surface area contributed by atoms with Gasteiger partial charge >= 0.3 is 6.03 Å². The first-order chi connectivity index (χ1) is 8.00. The Kier molecular flexibility index (Phi) is 7.36. The zero-order valence-corrected chi connectivity index (χ0v) is 15.6. The van der Waals surface area contributed by atoms with Crippen molar-refractivity contribution in [2.45, 2.75) is 66.5 Å². The average Bonchev–Trinajstić information content (AvgIpc) is 2.24. The fraction of sp³-hybridized carbons (Fsp3) is 0.923. The highest BCUT2D eigenvalue weighted by molar-refractivity contribution is 14.1. The van der Waals surface area contributed by atoms with E-state index in [1.807, 2.05) is 13.8 Å². The topological polar surface area (TPSA) is 23.6 Å². The van der Waals surface area contributed by atoms with Crippen molar-refractivity contribution < 1.29 is 4.79 Å². The van der Waals surface area contributed by atoms with Crippen molar-refractivity contribution in [3.63, 3.8) is 0 Å². The van der Waals surface area contributed by atoms with E-state index in [-0.39, 0.29) is 17.6 Å². The van der Waals surface area contributed by atoms with Crippen molar-refractivity contribution in [1.29, 1.82) is 0 Å². The van der Waals surface area contributed by atoms with Gasteiger partial charge in [0.1, 0.15) is 0 Å². The average molecular weight is 386 g/mol. The molecule has 0 aliphatic heterocycles. The van der Waals surface area contributed by atoms with Gasteiger partial charge in [-0.15, -0.1) is 0 Å². The van der Waals surface area contributed by atoms with Crippen LogP contribution >= 0.6 is 35.7 Å². The number of urea groups is 1. The standard InChI is InChI=1S/C13H27IN2OS/c1-9(2)11(5)8-13(6,7)16(14)12(17)15(18)10(3)4/h9-11,18H,8H2,1-7H3. The Bertz CT molecular complexity index is 282. The summed E-state index contributed by atoms with van der Waals surface area (Å²) >= 11 is 6.37. The Balaban J connectivity index is 4.74. The van der Waals surface area contributed by atoms with Gasteiger partial charge in [-0.3, -0.25) is 7.42 Å². The van der Waals surface area contributed by atoms with E-state index in [0.29, 0.717) is 11.8 Å². The second-order valence-electron chi connectivity index (χ2n) is 6.24. The molecule has 2 amide bonds. The fourth-order valence-corrected chi connectivity index (χ4v) is 2.36. The molecule has 0 spiro atoms. The molecular formula is C13H27IN2OS. The number of carbonyl (C=O) groups excluding carboxylic acids is 1. The zero-order chi connectivity index (χ0) is 14.7. The van der Waals surface area contributed by atoms with Crippen LogP contribution in [-0.2, 0) is 0 Å². The van der Waals surface area contributed by atoms with Gasteiger partial charge in [-0.05, 0) is 46.0 Å². The molecule has 0 aliphatic carbocycles. The highest BCUT2D eigenvalue weighted by Crippen LogP contribution is 2.31. The van der Waals surface area contributed by atoms with E-state index in [1.54, 1.807) is 3.11 Å². The van der Waals surface area contributed by atoms with Crippen molar-refractivity contribution in [3.8, 4) is 0 Å². The van der Waals surface area contributed by atoms with Crippen LogP contribution in [0.25, 0.3) is 0 Å². The van der Waals surface area contributed by atoms with Crippen molar-refractivity contribution in [2.24, 2.45) is 11.8 Å². The van der Waals surface area contributed by atoms with Crippen molar-refractivity contribution in [1.82, 2.24) is 7.42 Å². The van der Waals surface area contributed by atoms with E-state index in [0.717, 1.165) is 6.42 Å². The lowest BCUT2D eigenvalue weighted by molar-refractivity contribution is 0.165. The molecule has 18 heavy (non-hydrogen) atoms. The summed E-state index contributed by atoms with van der Waals surface area (Å²) in [5.74, 6) is 1.21. The number of thiol groups is 1. The predicted octanol–water partition coefficient (Wildman–Crippen LogP) is 4.77. The summed E-state index contributed by atoms with van der Waals surface area (Å²) in [6, 6.07) is 0.0475. The third kappa shape index (κ3) is 5.15. The molecule has 108 valence electrons. The zero-order valence-electron chi connectivity index (χ0n) is 12.6. The molecule has 0 rings (SSSR count). The van der Waals surface area contributed by atoms with Crippen molar-refractivity contribution in [3.05, 3.63) is 0 Å². The molecule has 0 aromatic carbocycles. The summed E-state index contributed by atoms with van der Waals surface area (Å²) in [5, 5.41) is 0. The normalized spacial score (nSPS) is 13.9. The minimum atomic E-state index is -0.169. The van der Waals surface area contributed by atoms with E-state index in [1.165, 1.54) is 4.31 Å². The summed E-state index contributed by atoms with van der Waals surface area (Å²) in [6.07, 6.45) is 0.985. The molecule has 0 saturated heterocycles. The Morgan fingerprint density at radius 3 is 2.00 bits per heavy atom. The van der Waals surface area contributed by atoms with Crippen molar-refractivity contribution in [2.75, 3.05) is 0 Å². The van der Waals surface area contributed by atoms with Crippen LogP contribution in [0, 0.1) is 11.8 Å². The molecule has 3 nitrogen and oxygen atoms in total. The summed E-state index contributed by atoms with van der Waals surface area (Å²) in [6.45, 7) is 14.8. The number of carbonyl (C=O) groups is 1. The van der Waals surface area contributed by atoms with Crippen LogP contribution in [0.3, 0.4) is 0 Å². The maximum absolute atomic E-state index is 12.3. The van der Waals surface area contributed by atoms with E-state index in [9.17, 15) is 4.79 Å². The lowest BCUT2D eigenvalue weighted by atomic mass is 9.85. The molecule has 0 bridgehead atoms. The lowest BCUT2D eigenvalue weighted by Crippen LogP contribution is -2.47. The van der Waals surface area contributed by atoms with Gasteiger partial charge in [0.15, 0.2) is 0 Å². The number of nitrogens with zero attached hydrogens (tertiary/aromatic N) is 2. The number of rotatable bonds is 5. The van der Waals surface area contributed by atoms with E-state index in [4.69, 9.17) is 0 Å². The van der Waals surface area contributed by atoms with Crippen molar-refractivity contribution >= 4 is 41.7 Å². The van der Waals surface area contributed by atoms with Crippen LogP contribution in [0.2, 0.25) is 0 Å². The van der Waals surface area contributed by atoms with Crippen LogP contribution in [0.15, 0.2) is 0 Å². The SMILES string of the molecule is CC(C)C(C)CC(C)(C)N(I)C(=O)N(S)C(C)C. The highest BCUT2D eigenvalue weighted by atomic mass is 127. The Hall–Kier alpha value is 0.350. The van der Waals surface area contributed by atoms with Gasteiger partial charge in [0.05, 0.1) is 22.9 Å². The largest absolute Gasteiger partial charge is 0.339 e. The third-order valence-corrected chi connectivity index (χ3v) is 5.70. The first-order valence-corrected chi connectivity index (χ1v) is 7.85. The van der Waals surface area contributed by atoms with Gasteiger partial charge in [0.2, 0.25) is 0 Å². The van der Waals surface area contributed by atoms with E-state index < -0.39 is 0 Å². The minimum Gasteiger partial charge on any atom is -0.268 e. The van der Waals surface area contributed by atoms with Gasteiger partial charge in [-0.25, -0.2) is 4.79 Å². The molecule has 0 saturated carbocycles. The van der Waals surface area contributed by atoms with E-state index in [2.05, 4.69) is 70.3 Å². The summed E-state index contributed by atoms with van der Waals surface area (Å²) in [4.78, 5) is 12.3. The summed E-state index contributed by atoms with van der Waals surface area (Å²) in [7, 11) is 0. The van der Waals surface area contributed by atoms with Gasteiger partial charge < -0.3 is 0 Å². The molecule has 0 fully saturated rings. The molecule has 0 N–H and O–H groups in total. The molecule has 0 aromatic heterocycles. The molecule has 0 heterocycles.